The maximum absolute atomic E-state index is 12.4. The molecule has 2 aromatic carbocycles. The van der Waals surface area contributed by atoms with Gasteiger partial charge < -0.3 is 9.84 Å². The van der Waals surface area contributed by atoms with Crippen molar-refractivity contribution in [3.05, 3.63) is 65.0 Å². The van der Waals surface area contributed by atoms with Gasteiger partial charge >= 0.3 is 0 Å². The van der Waals surface area contributed by atoms with Crippen LogP contribution in [0.3, 0.4) is 0 Å². The Bertz CT molecular complexity index is 867. The number of nitrogens with zero attached hydrogens (tertiary/aromatic N) is 2. The van der Waals surface area contributed by atoms with Gasteiger partial charge in [-0.3, -0.25) is 4.79 Å². The number of amides is 1. The van der Waals surface area contributed by atoms with Crippen molar-refractivity contribution in [3.8, 4) is 11.4 Å². The van der Waals surface area contributed by atoms with Crippen LogP contribution in [0.25, 0.3) is 11.4 Å². The van der Waals surface area contributed by atoms with E-state index in [0.717, 1.165) is 22.4 Å². The zero-order valence-corrected chi connectivity index (χ0v) is 14.0. The van der Waals surface area contributed by atoms with E-state index in [1.54, 1.807) is 12.1 Å². The normalized spacial score (nSPS) is 10.6. The number of aryl methyl sites for hydroxylation is 3. The Hall–Kier alpha value is -2.95. The van der Waals surface area contributed by atoms with Crippen LogP contribution in [0.1, 0.15) is 34.3 Å². The zero-order valence-electron chi connectivity index (χ0n) is 14.0. The topological polar surface area (TPSA) is 68.0 Å². The first-order valence-electron chi connectivity index (χ1n) is 7.88. The lowest BCUT2D eigenvalue weighted by Gasteiger charge is -2.09. The molecule has 24 heavy (non-hydrogen) atoms. The van der Waals surface area contributed by atoms with Crippen LogP contribution < -0.4 is 5.32 Å². The van der Waals surface area contributed by atoms with E-state index in [1.807, 2.05) is 51.1 Å². The number of hydrogen-bond acceptors (Lipinski definition) is 4. The Morgan fingerprint density at radius 1 is 1.12 bits per heavy atom. The molecule has 0 aliphatic heterocycles. The van der Waals surface area contributed by atoms with Gasteiger partial charge in [-0.25, -0.2) is 0 Å². The fourth-order valence-corrected chi connectivity index (χ4v) is 2.35. The first-order valence-corrected chi connectivity index (χ1v) is 7.88. The molecule has 1 heterocycles. The predicted molar refractivity (Wildman–Crippen MR) is 93.0 cm³/mol. The highest BCUT2D eigenvalue weighted by Crippen LogP contribution is 2.20. The zero-order chi connectivity index (χ0) is 17.1. The van der Waals surface area contributed by atoms with Crippen LogP contribution in [0.5, 0.6) is 0 Å². The fraction of sp³-hybridized carbons (Fsp3) is 0.211. The number of benzene rings is 2. The van der Waals surface area contributed by atoms with Crippen molar-refractivity contribution in [3.63, 3.8) is 0 Å². The molecular weight excluding hydrogens is 302 g/mol. The average molecular weight is 321 g/mol. The summed E-state index contributed by atoms with van der Waals surface area (Å²) in [6.45, 7) is 5.93. The van der Waals surface area contributed by atoms with E-state index in [4.69, 9.17) is 4.52 Å². The van der Waals surface area contributed by atoms with Gasteiger partial charge in [0.15, 0.2) is 0 Å². The van der Waals surface area contributed by atoms with Gasteiger partial charge in [-0.2, -0.15) is 4.98 Å². The van der Waals surface area contributed by atoms with Gasteiger partial charge in [0.25, 0.3) is 5.91 Å². The quantitative estimate of drug-likeness (QED) is 0.783. The second-order valence-electron chi connectivity index (χ2n) is 5.72. The summed E-state index contributed by atoms with van der Waals surface area (Å²) in [6, 6.07) is 13.2. The summed E-state index contributed by atoms with van der Waals surface area (Å²) in [5, 5.41) is 6.89. The lowest BCUT2D eigenvalue weighted by atomic mass is 10.1. The summed E-state index contributed by atoms with van der Waals surface area (Å²) >= 11 is 0. The van der Waals surface area contributed by atoms with E-state index in [0.29, 0.717) is 23.7 Å². The van der Waals surface area contributed by atoms with Crippen molar-refractivity contribution in [1.82, 2.24) is 10.1 Å². The molecule has 0 aliphatic rings. The molecular formula is C19H19N3O2. The monoisotopic (exact) mass is 321 g/mol. The summed E-state index contributed by atoms with van der Waals surface area (Å²) in [5.41, 5.74) is 4.37. The molecule has 0 saturated heterocycles. The molecule has 3 aromatic rings. The highest BCUT2D eigenvalue weighted by molar-refractivity contribution is 6.04. The molecule has 0 radical (unpaired) electrons. The largest absolute Gasteiger partial charge is 0.339 e. The van der Waals surface area contributed by atoms with E-state index in [9.17, 15) is 4.79 Å². The molecule has 5 nitrogen and oxygen atoms in total. The summed E-state index contributed by atoms with van der Waals surface area (Å²) in [4.78, 5) is 16.7. The van der Waals surface area contributed by atoms with Crippen molar-refractivity contribution in [2.45, 2.75) is 27.2 Å². The average Bonchev–Trinajstić information content (AvgIpc) is 3.07. The van der Waals surface area contributed by atoms with Crippen LogP contribution in [0, 0.1) is 13.8 Å². The summed E-state index contributed by atoms with van der Waals surface area (Å²) in [5.74, 6) is 0.993. The minimum atomic E-state index is -0.141. The number of carbonyl (C=O) groups is 1. The van der Waals surface area contributed by atoms with Crippen LogP contribution in [-0.4, -0.2) is 16.0 Å². The van der Waals surface area contributed by atoms with E-state index in [-0.39, 0.29) is 5.91 Å². The molecule has 0 bridgehead atoms. The van der Waals surface area contributed by atoms with Gasteiger partial charge in [-0.15, -0.1) is 0 Å². The summed E-state index contributed by atoms with van der Waals surface area (Å²) in [7, 11) is 0. The molecule has 1 amide bonds. The Balaban J connectivity index is 1.77. The van der Waals surface area contributed by atoms with Gasteiger partial charge in [0, 0.05) is 23.2 Å². The van der Waals surface area contributed by atoms with Crippen molar-refractivity contribution in [1.29, 1.82) is 0 Å². The Morgan fingerprint density at radius 3 is 2.54 bits per heavy atom. The van der Waals surface area contributed by atoms with Gasteiger partial charge in [0.05, 0.1) is 0 Å². The van der Waals surface area contributed by atoms with Gasteiger partial charge in [0.2, 0.25) is 11.7 Å². The molecule has 3 rings (SSSR count). The van der Waals surface area contributed by atoms with Crippen molar-refractivity contribution in [2.75, 3.05) is 5.32 Å². The number of nitrogens with one attached hydrogen (secondary N) is 1. The maximum atomic E-state index is 12.4. The number of rotatable bonds is 4. The SMILES string of the molecule is CCc1nc(-c2ccc(C(=O)Nc3cc(C)ccc3C)cc2)no1. The van der Waals surface area contributed by atoms with E-state index >= 15 is 0 Å². The lowest BCUT2D eigenvalue weighted by molar-refractivity contribution is 0.102. The first kappa shape index (κ1) is 15.9. The van der Waals surface area contributed by atoms with Crippen LogP contribution in [0.15, 0.2) is 47.0 Å². The summed E-state index contributed by atoms with van der Waals surface area (Å²) < 4.78 is 5.11. The highest BCUT2D eigenvalue weighted by Gasteiger charge is 2.11. The van der Waals surface area contributed by atoms with Crippen LogP contribution in [0.4, 0.5) is 5.69 Å². The van der Waals surface area contributed by atoms with Crippen LogP contribution in [-0.2, 0) is 6.42 Å². The third-order valence-corrected chi connectivity index (χ3v) is 3.82. The number of hydrogen-bond donors (Lipinski definition) is 1. The lowest BCUT2D eigenvalue weighted by Crippen LogP contribution is -2.12. The van der Waals surface area contributed by atoms with Gasteiger partial charge in [-0.1, -0.05) is 36.3 Å². The minimum absolute atomic E-state index is 0.141. The molecule has 0 spiro atoms. The number of carbonyl (C=O) groups excluding carboxylic acids is 1. The molecule has 0 saturated carbocycles. The van der Waals surface area contributed by atoms with E-state index in [2.05, 4.69) is 15.5 Å². The minimum Gasteiger partial charge on any atom is -0.339 e. The molecule has 0 unspecified atom stereocenters. The van der Waals surface area contributed by atoms with Gasteiger partial charge in [-0.05, 0) is 43.2 Å². The standard InChI is InChI=1S/C19H19N3O2/c1-4-17-21-18(22-24-17)14-7-9-15(10-8-14)19(23)20-16-11-12(2)5-6-13(16)3/h5-11H,4H2,1-3H3,(H,20,23). The first-order chi connectivity index (χ1) is 11.6. The second-order valence-corrected chi connectivity index (χ2v) is 5.72. The van der Waals surface area contributed by atoms with Gasteiger partial charge in [0.1, 0.15) is 0 Å². The Labute approximate surface area is 140 Å². The number of anilines is 1. The smallest absolute Gasteiger partial charge is 0.255 e. The maximum Gasteiger partial charge on any atom is 0.255 e. The molecule has 1 N–H and O–H groups in total. The number of aromatic nitrogens is 2. The predicted octanol–water partition coefficient (Wildman–Crippen LogP) is 4.17. The van der Waals surface area contributed by atoms with Crippen LogP contribution in [0.2, 0.25) is 0 Å². The molecule has 0 aliphatic carbocycles. The molecule has 0 atom stereocenters. The van der Waals surface area contributed by atoms with Crippen molar-refractivity contribution < 1.29 is 9.32 Å². The highest BCUT2D eigenvalue weighted by atomic mass is 16.5. The van der Waals surface area contributed by atoms with Crippen LogP contribution >= 0.6 is 0 Å². The van der Waals surface area contributed by atoms with E-state index in [1.165, 1.54) is 0 Å². The third kappa shape index (κ3) is 3.35. The molecule has 122 valence electrons. The summed E-state index contributed by atoms with van der Waals surface area (Å²) in [6.07, 6.45) is 0.698. The van der Waals surface area contributed by atoms with Crippen molar-refractivity contribution in [2.24, 2.45) is 0 Å². The third-order valence-electron chi connectivity index (χ3n) is 3.82. The Kier molecular flexibility index (Phi) is 4.42. The van der Waals surface area contributed by atoms with Crippen molar-refractivity contribution >= 4 is 11.6 Å². The molecule has 5 heteroatoms. The Morgan fingerprint density at radius 2 is 1.88 bits per heavy atom. The molecule has 1 aromatic heterocycles. The fourth-order valence-electron chi connectivity index (χ4n) is 2.35. The second kappa shape index (κ2) is 6.66. The van der Waals surface area contributed by atoms with E-state index < -0.39 is 0 Å². The molecule has 0 fully saturated rings.